The predicted octanol–water partition coefficient (Wildman–Crippen LogP) is 0.356. The zero-order chi connectivity index (χ0) is 9.35. The van der Waals surface area contributed by atoms with E-state index in [0.29, 0.717) is 0 Å². The van der Waals surface area contributed by atoms with Gasteiger partial charge in [0, 0.05) is 0 Å². The molecule has 1 aliphatic rings. The van der Waals surface area contributed by atoms with Gasteiger partial charge in [0.25, 0.3) is 5.91 Å². The number of carbonyl (C=O) groups is 1. The molecule has 0 spiro atoms. The van der Waals surface area contributed by atoms with Crippen molar-refractivity contribution >= 4 is 17.5 Å². The Morgan fingerprint density at radius 2 is 2.42 bits per heavy atom. The SMILES string of the molecule is CC1(Cl)C=CNC(C(N)=O)=C1O. The van der Waals surface area contributed by atoms with Crippen molar-refractivity contribution in [1.82, 2.24) is 5.32 Å². The van der Waals surface area contributed by atoms with Crippen molar-refractivity contribution < 1.29 is 9.90 Å². The maximum absolute atomic E-state index is 10.7. The van der Waals surface area contributed by atoms with Crippen LogP contribution in [0.4, 0.5) is 0 Å². The minimum atomic E-state index is -1.05. The fourth-order valence-corrected chi connectivity index (χ4v) is 1.02. The molecule has 12 heavy (non-hydrogen) atoms. The molecular weight excluding hydrogens is 180 g/mol. The maximum atomic E-state index is 10.7. The van der Waals surface area contributed by atoms with Gasteiger partial charge in [-0.3, -0.25) is 4.79 Å². The second-order valence-electron chi connectivity index (χ2n) is 2.64. The van der Waals surface area contributed by atoms with Crippen molar-refractivity contribution in [2.75, 3.05) is 0 Å². The summed E-state index contributed by atoms with van der Waals surface area (Å²) in [7, 11) is 0. The van der Waals surface area contributed by atoms with Gasteiger partial charge in [-0.15, -0.1) is 11.6 Å². The molecule has 66 valence electrons. The van der Waals surface area contributed by atoms with Crippen molar-refractivity contribution in [1.29, 1.82) is 0 Å². The zero-order valence-electron chi connectivity index (χ0n) is 6.47. The predicted molar refractivity (Wildman–Crippen MR) is 45.4 cm³/mol. The van der Waals surface area contributed by atoms with Gasteiger partial charge >= 0.3 is 0 Å². The van der Waals surface area contributed by atoms with E-state index in [4.69, 9.17) is 17.3 Å². The number of halogens is 1. The number of aliphatic hydroxyl groups is 1. The van der Waals surface area contributed by atoms with E-state index in [1.807, 2.05) is 0 Å². The van der Waals surface area contributed by atoms with E-state index in [1.165, 1.54) is 12.3 Å². The average Bonchev–Trinajstić information content (AvgIpc) is 1.94. The summed E-state index contributed by atoms with van der Waals surface area (Å²) in [5, 5.41) is 11.9. The Hall–Kier alpha value is -1.16. The summed E-state index contributed by atoms with van der Waals surface area (Å²) in [5.41, 5.74) is 4.91. The molecular formula is C7H9ClN2O2. The monoisotopic (exact) mass is 188 g/mol. The Bertz CT molecular complexity index is 281. The first kappa shape index (κ1) is 8.93. The highest BCUT2D eigenvalue weighted by atomic mass is 35.5. The number of hydrogen-bond donors (Lipinski definition) is 3. The molecule has 0 fully saturated rings. The smallest absolute Gasteiger partial charge is 0.268 e. The van der Waals surface area contributed by atoms with Gasteiger partial charge in [-0.25, -0.2) is 0 Å². The third-order valence-electron chi connectivity index (χ3n) is 1.57. The summed E-state index contributed by atoms with van der Waals surface area (Å²) in [5.74, 6) is -0.983. The van der Waals surface area contributed by atoms with Crippen molar-refractivity contribution in [2.45, 2.75) is 11.8 Å². The number of amides is 1. The molecule has 1 atom stereocenters. The molecule has 0 aliphatic carbocycles. The topological polar surface area (TPSA) is 75.3 Å². The number of dihydropyridines is 1. The van der Waals surface area contributed by atoms with Gasteiger partial charge in [0.2, 0.25) is 0 Å². The Kier molecular flexibility index (Phi) is 2.02. The van der Waals surface area contributed by atoms with E-state index in [1.54, 1.807) is 6.92 Å². The second kappa shape index (κ2) is 2.71. The molecule has 1 amide bonds. The summed E-state index contributed by atoms with van der Waals surface area (Å²) in [4.78, 5) is 9.66. The standard InChI is InChI=1S/C7H9ClN2O2/c1-7(8)2-3-10-4(5(7)11)6(9)12/h2-3,10-11H,1H3,(H2,9,12). The summed E-state index contributed by atoms with van der Waals surface area (Å²) < 4.78 is 0. The molecule has 4 nitrogen and oxygen atoms in total. The van der Waals surface area contributed by atoms with Crippen LogP contribution < -0.4 is 11.1 Å². The number of nitrogens with one attached hydrogen (secondary N) is 1. The van der Waals surface area contributed by atoms with E-state index in [-0.39, 0.29) is 11.5 Å². The summed E-state index contributed by atoms with van der Waals surface area (Å²) >= 11 is 5.82. The van der Waals surface area contributed by atoms with E-state index in [0.717, 1.165) is 0 Å². The fourth-order valence-electron chi connectivity index (χ4n) is 0.861. The van der Waals surface area contributed by atoms with Crippen LogP contribution in [0.25, 0.3) is 0 Å². The quantitative estimate of drug-likeness (QED) is 0.520. The first-order chi connectivity index (χ1) is 5.45. The van der Waals surface area contributed by atoms with Gasteiger partial charge in [0.05, 0.1) is 0 Å². The number of allylic oxidation sites excluding steroid dienone is 1. The zero-order valence-corrected chi connectivity index (χ0v) is 7.22. The molecule has 0 radical (unpaired) electrons. The lowest BCUT2D eigenvalue weighted by molar-refractivity contribution is -0.115. The lowest BCUT2D eigenvalue weighted by atomic mass is 10.0. The number of alkyl halides is 1. The van der Waals surface area contributed by atoms with Crippen LogP contribution in [0.2, 0.25) is 0 Å². The average molecular weight is 189 g/mol. The summed E-state index contributed by atoms with van der Waals surface area (Å²) in [6.45, 7) is 1.56. The third kappa shape index (κ3) is 1.38. The fraction of sp³-hybridized carbons (Fsp3) is 0.286. The van der Waals surface area contributed by atoms with Gasteiger partial charge < -0.3 is 16.2 Å². The summed E-state index contributed by atoms with van der Waals surface area (Å²) in [6, 6.07) is 0. The van der Waals surface area contributed by atoms with Crippen LogP contribution in [0, 0.1) is 0 Å². The van der Waals surface area contributed by atoms with Gasteiger partial charge in [-0.2, -0.15) is 0 Å². The van der Waals surface area contributed by atoms with Gasteiger partial charge in [-0.05, 0) is 19.2 Å². The lowest BCUT2D eigenvalue weighted by Crippen LogP contribution is -2.33. The largest absolute Gasteiger partial charge is 0.508 e. The Balaban J connectivity index is 3.09. The van der Waals surface area contributed by atoms with E-state index < -0.39 is 10.8 Å². The Labute approximate surface area is 74.7 Å². The first-order valence-corrected chi connectivity index (χ1v) is 3.69. The van der Waals surface area contributed by atoms with Crippen LogP contribution in [-0.4, -0.2) is 15.9 Å². The van der Waals surface area contributed by atoms with E-state index >= 15 is 0 Å². The van der Waals surface area contributed by atoms with Crippen molar-refractivity contribution in [3.05, 3.63) is 23.7 Å². The molecule has 0 saturated heterocycles. The molecule has 0 aromatic rings. The molecule has 1 aliphatic heterocycles. The van der Waals surface area contributed by atoms with Crippen LogP contribution >= 0.6 is 11.6 Å². The number of carbonyl (C=O) groups excluding carboxylic acids is 1. The number of hydrogen-bond acceptors (Lipinski definition) is 3. The van der Waals surface area contributed by atoms with E-state index in [9.17, 15) is 9.90 Å². The Morgan fingerprint density at radius 3 is 2.83 bits per heavy atom. The van der Waals surface area contributed by atoms with Crippen LogP contribution in [0.1, 0.15) is 6.92 Å². The summed E-state index contributed by atoms with van der Waals surface area (Å²) in [6.07, 6.45) is 2.99. The molecule has 1 heterocycles. The van der Waals surface area contributed by atoms with Crippen molar-refractivity contribution in [2.24, 2.45) is 5.73 Å². The van der Waals surface area contributed by atoms with E-state index in [2.05, 4.69) is 5.32 Å². The number of nitrogens with two attached hydrogens (primary N) is 1. The lowest BCUT2D eigenvalue weighted by Gasteiger charge is -2.23. The molecule has 4 N–H and O–H groups in total. The second-order valence-corrected chi connectivity index (χ2v) is 3.43. The molecule has 5 heteroatoms. The first-order valence-electron chi connectivity index (χ1n) is 3.32. The van der Waals surface area contributed by atoms with Crippen LogP contribution in [0.15, 0.2) is 23.7 Å². The number of aliphatic hydroxyl groups excluding tert-OH is 1. The third-order valence-corrected chi connectivity index (χ3v) is 1.88. The van der Waals surface area contributed by atoms with Crippen molar-refractivity contribution in [3.8, 4) is 0 Å². The molecule has 0 aromatic carbocycles. The van der Waals surface area contributed by atoms with Gasteiger partial charge in [-0.1, -0.05) is 0 Å². The molecule has 0 aromatic heterocycles. The number of rotatable bonds is 1. The normalized spacial score (nSPS) is 28.5. The molecule has 1 rings (SSSR count). The molecule has 1 unspecified atom stereocenters. The maximum Gasteiger partial charge on any atom is 0.268 e. The molecule has 0 saturated carbocycles. The van der Waals surface area contributed by atoms with Crippen molar-refractivity contribution in [3.63, 3.8) is 0 Å². The molecule has 0 bridgehead atoms. The highest BCUT2D eigenvalue weighted by Gasteiger charge is 2.30. The van der Waals surface area contributed by atoms with Crippen LogP contribution in [0.3, 0.4) is 0 Å². The Morgan fingerprint density at radius 1 is 1.83 bits per heavy atom. The highest BCUT2D eigenvalue weighted by molar-refractivity contribution is 6.27. The van der Waals surface area contributed by atoms with Gasteiger partial charge in [0.1, 0.15) is 16.3 Å². The van der Waals surface area contributed by atoms with Gasteiger partial charge in [0.15, 0.2) is 0 Å². The highest BCUT2D eigenvalue weighted by Crippen LogP contribution is 2.28. The van der Waals surface area contributed by atoms with Crippen LogP contribution in [0.5, 0.6) is 0 Å². The minimum absolute atomic E-state index is 0.0602. The minimum Gasteiger partial charge on any atom is -0.508 e. The number of primary amides is 1. The van der Waals surface area contributed by atoms with Crippen LogP contribution in [-0.2, 0) is 4.79 Å².